The van der Waals surface area contributed by atoms with Gasteiger partial charge >= 0.3 is 6.03 Å². The van der Waals surface area contributed by atoms with Crippen LogP contribution in [0.1, 0.15) is 24.2 Å². The minimum Gasteiger partial charge on any atom is -0.363 e. The zero-order chi connectivity index (χ0) is 16.4. The summed E-state index contributed by atoms with van der Waals surface area (Å²) in [5.41, 5.74) is 6.77. The minimum absolute atomic E-state index is 0.0174. The van der Waals surface area contributed by atoms with Crippen LogP contribution in [0.25, 0.3) is 0 Å². The van der Waals surface area contributed by atoms with Gasteiger partial charge in [-0.25, -0.2) is 4.79 Å². The normalized spacial score (nSPS) is 20.8. The van der Waals surface area contributed by atoms with Crippen LogP contribution in [-0.2, 0) is 16.1 Å². The highest BCUT2D eigenvalue weighted by atomic mass is 16.5. The number of pyridine rings is 1. The first-order valence-corrected chi connectivity index (χ1v) is 7.86. The Kier molecular flexibility index (Phi) is 4.21. The third kappa shape index (κ3) is 3.44. The van der Waals surface area contributed by atoms with Gasteiger partial charge in [-0.15, -0.1) is 0 Å². The molecule has 0 unspecified atom stereocenters. The molecular formula is C16H22N4O3. The van der Waals surface area contributed by atoms with Crippen molar-refractivity contribution in [3.05, 3.63) is 29.6 Å². The molecule has 0 saturated carbocycles. The van der Waals surface area contributed by atoms with E-state index in [2.05, 4.69) is 4.98 Å². The van der Waals surface area contributed by atoms with E-state index in [1.807, 2.05) is 30.0 Å². The van der Waals surface area contributed by atoms with Gasteiger partial charge < -0.3 is 20.3 Å². The Balaban J connectivity index is 1.67. The lowest BCUT2D eigenvalue weighted by Gasteiger charge is -2.46. The van der Waals surface area contributed by atoms with Crippen LogP contribution in [0.4, 0.5) is 4.79 Å². The molecule has 0 aliphatic carbocycles. The highest BCUT2D eigenvalue weighted by Gasteiger charge is 2.42. The van der Waals surface area contributed by atoms with E-state index in [9.17, 15) is 9.59 Å². The van der Waals surface area contributed by atoms with Crippen molar-refractivity contribution < 1.29 is 14.3 Å². The number of likely N-dealkylation sites (tertiary alicyclic amines) is 1. The van der Waals surface area contributed by atoms with Crippen LogP contribution in [-0.4, -0.2) is 58.6 Å². The molecule has 2 aliphatic rings. The number of amides is 3. The number of piperidine rings is 1. The molecule has 1 aromatic rings. The minimum atomic E-state index is -0.396. The largest absolute Gasteiger partial charge is 0.363 e. The second kappa shape index (κ2) is 6.16. The average Bonchev–Trinajstić information content (AvgIpc) is 2.52. The zero-order valence-electron chi connectivity index (χ0n) is 13.3. The van der Waals surface area contributed by atoms with Crippen molar-refractivity contribution in [1.82, 2.24) is 14.8 Å². The van der Waals surface area contributed by atoms with Crippen molar-refractivity contribution in [3.63, 3.8) is 0 Å². The van der Waals surface area contributed by atoms with Crippen LogP contribution in [0.3, 0.4) is 0 Å². The number of nitrogens with two attached hydrogens (primary N) is 1. The molecule has 23 heavy (non-hydrogen) atoms. The van der Waals surface area contributed by atoms with Gasteiger partial charge in [0.1, 0.15) is 6.61 Å². The number of morpholine rings is 1. The van der Waals surface area contributed by atoms with E-state index in [4.69, 9.17) is 10.5 Å². The summed E-state index contributed by atoms with van der Waals surface area (Å²) in [5, 5.41) is 0. The summed E-state index contributed by atoms with van der Waals surface area (Å²) in [6.45, 7) is 4.19. The third-order valence-corrected chi connectivity index (χ3v) is 4.62. The Bertz CT molecular complexity index is 611. The standard InChI is InChI=1S/C16H22N4O3/c1-12-3-2-4-13(18-12)9-20-11-16(23-10-14(20)21)5-7-19(8-6-16)15(17)22/h2-4H,5-11H2,1H3,(H2,17,22). The Morgan fingerprint density at radius 3 is 2.78 bits per heavy atom. The number of hydrogen-bond acceptors (Lipinski definition) is 4. The lowest BCUT2D eigenvalue weighted by Crippen LogP contribution is -2.59. The van der Waals surface area contributed by atoms with Gasteiger partial charge in [-0.2, -0.15) is 0 Å². The molecule has 3 heterocycles. The summed E-state index contributed by atoms with van der Waals surface area (Å²) in [6, 6.07) is 5.42. The first kappa shape index (κ1) is 15.7. The van der Waals surface area contributed by atoms with E-state index >= 15 is 0 Å². The number of ether oxygens (including phenoxy) is 1. The van der Waals surface area contributed by atoms with Crippen LogP contribution in [0.5, 0.6) is 0 Å². The Morgan fingerprint density at radius 1 is 1.39 bits per heavy atom. The molecule has 0 bridgehead atoms. The van der Waals surface area contributed by atoms with Gasteiger partial charge in [0, 0.05) is 18.8 Å². The molecule has 0 atom stereocenters. The Labute approximate surface area is 135 Å². The van der Waals surface area contributed by atoms with Gasteiger partial charge in [-0.3, -0.25) is 9.78 Å². The molecule has 7 nitrogen and oxygen atoms in total. The topological polar surface area (TPSA) is 88.8 Å². The van der Waals surface area contributed by atoms with Crippen molar-refractivity contribution in [2.24, 2.45) is 5.73 Å². The van der Waals surface area contributed by atoms with E-state index in [1.165, 1.54) is 0 Å². The highest BCUT2D eigenvalue weighted by Crippen LogP contribution is 2.31. The lowest BCUT2D eigenvalue weighted by atomic mass is 9.89. The SMILES string of the molecule is Cc1cccc(CN2CC3(CCN(C(N)=O)CC3)OCC2=O)n1. The van der Waals surface area contributed by atoms with Crippen molar-refractivity contribution in [1.29, 1.82) is 0 Å². The van der Waals surface area contributed by atoms with Gasteiger partial charge in [0.15, 0.2) is 0 Å². The number of hydrogen-bond donors (Lipinski definition) is 1. The van der Waals surface area contributed by atoms with E-state index < -0.39 is 6.03 Å². The smallest absolute Gasteiger partial charge is 0.314 e. The maximum atomic E-state index is 12.2. The third-order valence-electron chi connectivity index (χ3n) is 4.62. The van der Waals surface area contributed by atoms with Crippen LogP contribution in [0, 0.1) is 6.92 Å². The highest BCUT2D eigenvalue weighted by molar-refractivity contribution is 5.78. The summed E-state index contributed by atoms with van der Waals surface area (Å²) >= 11 is 0. The van der Waals surface area contributed by atoms with Gasteiger partial charge in [0.2, 0.25) is 5.91 Å². The molecule has 2 aliphatic heterocycles. The second-order valence-corrected chi connectivity index (χ2v) is 6.32. The number of aromatic nitrogens is 1. The number of rotatable bonds is 2. The monoisotopic (exact) mass is 318 g/mol. The van der Waals surface area contributed by atoms with Crippen LogP contribution in [0.15, 0.2) is 18.2 Å². The summed E-state index contributed by atoms with van der Waals surface area (Å²) in [6.07, 6.45) is 1.39. The van der Waals surface area contributed by atoms with Crippen molar-refractivity contribution in [2.75, 3.05) is 26.2 Å². The van der Waals surface area contributed by atoms with Crippen molar-refractivity contribution in [2.45, 2.75) is 31.9 Å². The molecule has 124 valence electrons. The van der Waals surface area contributed by atoms with E-state index in [1.54, 1.807) is 4.90 Å². The number of carbonyl (C=O) groups excluding carboxylic acids is 2. The number of carbonyl (C=O) groups is 2. The maximum Gasteiger partial charge on any atom is 0.314 e. The molecule has 7 heteroatoms. The first-order valence-electron chi connectivity index (χ1n) is 7.86. The lowest BCUT2D eigenvalue weighted by molar-refractivity contribution is -0.171. The fraction of sp³-hybridized carbons (Fsp3) is 0.562. The molecule has 1 spiro atoms. The van der Waals surface area contributed by atoms with E-state index in [-0.39, 0.29) is 18.1 Å². The fourth-order valence-electron chi connectivity index (χ4n) is 3.25. The van der Waals surface area contributed by atoms with Crippen LogP contribution < -0.4 is 5.73 Å². The maximum absolute atomic E-state index is 12.2. The van der Waals surface area contributed by atoms with Crippen LogP contribution in [0.2, 0.25) is 0 Å². The molecule has 2 N–H and O–H groups in total. The zero-order valence-corrected chi connectivity index (χ0v) is 13.3. The van der Waals surface area contributed by atoms with Gasteiger partial charge in [-0.1, -0.05) is 6.07 Å². The number of nitrogens with zero attached hydrogens (tertiary/aromatic N) is 3. The predicted octanol–water partition coefficient (Wildman–Crippen LogP) is 0.662. The van der Waals surface area contributed by atoms with E-state index in [0.717, 1.165) is 11.4 Å². The number of urea groups is 1. The Morgan fingerprint density at radius 2 is 2.13 bits per heavy atom. The summed E-state index contributed by atoms with van der Waals surface area (Å²) in [5.74, 6) is -0.0174. The second-order valence-electron chi connectivity index (χ2n) is 6.32. The van der Waals surface area contributed by atoms with Gasteiger partial charge in [0.05, 0.1) is 24.4 Å². The molecule has 1 aromatic heterocycles. The van der Waals surface area contributed by atoms with Gasteiger partial charge in [-0.05, 0) is 31.9 Å². The summed E-state index contributed by atoms with van der Waals surface area (Å²) in [4.78, 5) is 31.3. The quantitative estimate of drug-likeness (QED) is 0.867. The molecular weight excluding hydrogens is 296 g/mol. The first-order chi connectivity index (χ1) is 11.0. The van der Waals surface area contributed by atoms with Crippen molar-refractivity contribution in [3.8, 4) is 0 Å². The summed E-state index contributed by atoms with van der Waals surface area (Å²) < 4.78 is 5.85. The number of aryl methyl sites for hydroxylation is 1. The molecule has 2 saturated heterocycles. The van der Waals surface area contributed by atoms with E-state index in [0.29, 0.717) is 39.0 Å². The number of primary amides is 1. The molecule has 0 radical (unpaired) electrons. The van der Waals surface area contributed by atoms with Gasteiger partial charge in [0.25, 0.3) is 0 Å². The van der Waals surface area contributed by atoms with Crippen molar-refractivity contribution >= 4 is 11.9 Å². The molecule has 2 fully saturated rings. The fourth-order valence-corrected chi connectivity index (χ4v) is 3.25. The molecule has 0 aromatic carbocycles. The summed E-state index contributed by atoms with van der Waals surface area (Å²) in [7, 11) is 0. The average molecular weight is 318 g/mol. The Hall–Kier alpha value is -2.15. The van der Waals surface area contributed by atoms with Crippen LogP contribution >= 0.6 is 0 Å². The molecule has 3 amide bonds. The predicted molar refractivity (Wildman–Crippen MR) is 83.5 cm³/mol. The molecule has 3 rings (SSSR count).